The van der Waals surface area contributed by atoms with Gasteiger partial charge in [-0.25, -0.2) is 9.78 Å². The summed E-state index contributed by atoms with van der Waals surface area (Å²) in [5, 5.41) is -0.105. The quantitative estimate of drug-likeness (QED) is 0.607. The highest BCUT2D eigenvalue weighted by atomic mass is 32.2. The van der Waals surface area contributed by atoms with Crippen molar-refractivity contribution in [3.05, 3.63) is 23.9 Å². The number of nitrogens with zero attached hydrogens (tertiary/aromatic N) is 2. The van der Waals surface area contributed by atoms with Gasteiger partial charge in [0.15, 0.2) is 6.61 Å². The standard InChI is InChI=1S/C15H18F2N2O3S/c1-10-4-3-7-19(8-10)12(20)9-22-14(21)11-5-2-6-18-13(11)23-15(16)17/h2,5-6,10,15H,3-4,7-9H2,1H3. The normalized spacial score (nSPS) is 18.1. The molecule has 0 radical (unpaired) electrons. The second-order valence-electron chi connectivity index (χ2n) is 5.40. The Morgan fingerprint density at radius 1 is 1.52 bits per heavy atom. The van der Waals surface area contributed by atoms with Crippen LogP contribution in [0, 0.1) is 5.92 Å². The molecule has 2 rings (SSSR count). The van der Waals surface area contributed by atoms with Crippen LogP contribution in [0.1, 0.15) is 30.1 Å². The number of hydrogen-bond acceptors (Lipinski definition) is 5. The van der Waals surface area contributed by atoms with Crippen molar-refractivity contribution in [3.8, 4) is 0 Å². The van der Waals surface area contributed by atoms with Gasteiger partial charge in [0, 0.05) is 19.3 Å². The van der Waals surface area contributed by atoms with E-state index in [1.54, 1.807) is 4.90 Å². The van der Waals surface area contributed by atoms with Gasteiger partial charge in [-0.05, 0) is 42.7 Å². The van der Waals surface area contributed by atoms with Gasteiger partial charge in [-0.15, -0.1) is 0 Å². The van der Waals surface area contributed by atoms with Crippen molar-refractivity contribution < 1.29 is 23.1 Å². The van der Waals surface area contributed by atoms with Gasteiger partial charge in [0.2, 0.25) is 0 Å². The van der Waals surface area contributed by atoms with E-state index in [4.69, 9.17) is 4.74 Å². The average Bonchev–Trinajstić information content (AvgIpc) is 2.52. The van der Waals surface area contributed by atoms with Crippen molar-refractivity contribution in [2.24, 2.45) is 5.92 Å². The molecule has 126 valence electrons. The van der Waals surface area contributed by atoms with Gasteiger partial charge in [0.25, 0.3) is 11.7 Å². The second-order valence-corrected chi connectivity index (χ2v) is 6.38. The number of thioether (sulfide) groups is 1. The van der Waals surface area contributed by atoms with Crippen molar-refractivity contribution in [2.75, 3.05) is 19.7 Å². The Kier molecular flexibility index (Phi) is 6.32. The molecule has 0 spiro atoms. The Labute approximate surface area is 137 Å². The SMILES string of the molecule is CC1CCCN(C(=O)COC(=O)c2cccnc2SC(F)F)C1. The molecular weight excluding hydrogens is 326 g/mol. The van der Waals surface area contributed by atoms with Crippen molar-refractivity contribution in [3.63, 3.8) is 0 Å². The van der Waals surface area contributed by atoms with E-state index >= 15 is 0 Å². The molecule has 0 aliphatic carbocycles. The number of carbonyl (C=O) groups excluding carboxylic acids is 2. The highest BCUT2D eigenvalue weighted by Gasteiger charge is 2.23. The molecule has 1 fully saturated rings. The van der Waals surface area contributed by atoms with Crippen LogP contribution in [-0.4, -0.2) is 47.2 Å². The fraction of sp³-hybridized carbons (Fsp3) is 0.533. The molecule has 0 bridgehead atoms. The highest BCUT2D eigenvalue weighted by Crippen LogP contribution is 2.26. The Bertz CT molecular complexity index is 571. The lowest BCUT2D eigenvalue weighted by molar-refractivity contribution is -0.136. The molecule has 8 heteroatoms. The Balaban J connectivity index is 1.93. The zero-order valence-corrected chi connectivity index (χ0v) is 13.5. The molecule has 0 saturated carbocycles. The van der Waals surface area contributed by atoms with Gasteiger partial charge in [0.05, 0.1) is 5.56 Å². The number of esters is 1. The summed E-state index contributed by atoms with van der Waals surface area (Å²) in [4.78, 5) is 29.5. The number of likely N-dealkylation sites (tertiary alicyclic amines) is 1. The second kappa shape index (κ2) is 8.24. The number of hydrogen-bond donors (Lipinski definition) is 0. The lowest BCUT2D eigenvalue weighted by Gasteiger charge is -2.30. The third-order valence-corrected chi connectivity index (χ3v) is 4.26. The summed E-state index contributed by atoms with van der Waals surface area (Å²) in [5.41, 5.74) is -0.0578. The molecular formula is C15H18F2N2O3S. The van der Waals surface area contributed by atoms with Crippen LogP contribution in [0.3, 0.4) is 0 Å². The lowest BCUT2D eigenvalue weighted by atomic mass is 10.0. The number of piperidine rings is 1. The number of alkyl halides is 2. The minimum Gasteiger partial charge on any atom is -0.452 e. The Morgan fingerprint density at radius 3 is 3.00 bits per heavy atom. The minimum atomic E-state index is -2.69. The maximum absolute atomic E-state index is 12.5. The monoisotopic (exact) mass is 344 g/mol. The van der Waals surface area contributed by atoms with E-state index in [9.17, 15) is 18.4 Å². The van der Waals surface area contributed by atoms with E-state index in [0.717, 1.165) is 12.8 Å². The molecule has 1 saturated heterocycles. The van der Waals surface area contributed by atoms with Crippen LogP contribution in [0.5, 0.6) is 0 Å². The van der Waals surface area contributed by atoms with Crippen molar-refractivity contribution in [1.82, 2.24) is 9.88 Å². The number of halogens is 2. The molecule has 5 nitrogen and oxygen atoms in total. The third-order valence-electron chi connectivity index (χ3n) is 3.53. The molecule has 1 aliphatic rings. The van der Waals surface area contributed by atoms with Crippen LogP contribution in [0.25, 0.3) is 0 Å². The zero-order chi connectivity index (χ0) is 16.8. The van der Waals surface area contributed by atoms with Gasteiger partial charge in [-0.1, -0.05) is 6.92 Å². The Hall–Kier alpha value is -1.70. The maximum atomic E-state index is 12.5. The molecule has 1 atom stereocenters. The number of rotatable bonds is 5. The van der Waals surface area contributed by atoms with E-state index in [2.05, 4.69) is 11.9 Å². The molecule has 1 unspecified atom stereocenters. The van der Waals surface area contributed by atoms with Gasteiger partial charge in [-0.2, -0.15) is 8.78 Å². The van der Waals surface area contributed by atoms with E-state index in [0.29, 0.717) is 19.0 Å². The van der Waals surface area contributed by atoms with Crippen LogP contribution in [-0.2, 0) is 9.53 Å². The Morgan fingerprint density at radius 2 is 2.30 bits per heavy atom. The van der Waals surface area contributed by atoms with Gasteiger partial charge in [0.1, 0.15) is 5.03 Å². The third kappa shape index (κ3) is 5.16. The molecule has 1 aliphatic heterocycles. The van der Waals surface area contributed by atoms with Gasteiger partial charge in [-0.3, -0.25) is 4.79 Å². The molecule has 1 aromatic heterocycles. The fourth-order valence-corrected chi connectivity index (χ4v) is 3.01. The topological polar surface area (TPSA) is 59.5 Å². The fourth-order valence-electron chi connectivity index (χ4n) is 2.44. The average molecular weight is 344 g/mol. The lowest BCUT2D eigenvalue weighted by Crippen LogP contribution is -2.41. The first-order valence-electron chi connectivity index (χ1n) is 7.32. The molecule has 0 N–H and O–H groups in total. The predicted molar refractivity (Wildman–Crippen MR) is 81.4 cm³/mol. The number of ether oxygens (including phenoxy) is 1. The summed E-state index contributed by atoms with van der Waals surface area (Å²) in [6.45, 7) is 2.98. The first kappa shape index (κ1) is 17.7. The minimum absolute atomic E-state index is 0.0578. The van der Waals surface area contributed by atoms with Crippen LogP contribution in [0.2, 0.25) is 0 Å². The van der Waals surface area contributed by atoms with Gasteiger partial charge >= 0.3 is 5.97 Å². The van der Waals surface area contributed by atoms with E-state index in [-0.39, 0.29) is 34.9 Å². The van der Waals surface area contributed by atoms with Crippen LogP contribution >= 0.6 is 11.8 Å². The molecule has 23 heavy (non-hydrogen) atoms. The van der Waals surface area contributed by atoms with Crippen LogP contribution < -0.4 is 0 Å². The molecule has 0 aromatic carbocycles. The first-order valence-corrected chi connectivity index (χ1v) is 8.20. The van der Waals surface area contributed by atoms with E-state index in [1.165, 1.54) is 18.3 Å². The summed E-state index contributed by atoms with van der Waals surface area (Å²) >= 11 is 0.175. The van der Waals surface area contributed by atoms with Crippen molar-refractivity contribution in [1.29, 1.82) is 0 Å². The molecule has 1 amide bonds. The number of amides is 1. The maximum Gasteiger partial charge on any atom is 0.341 e. The van der Waals surface area contributed by atoms with Crippen molar-refractivity contribution in [2.45, 2.75) is 30.5 Å². The zero-order valence-electron chi connectivity index (χ0n) is 12.7. The summed E-state index contributed by atoms with van der Waals surface area (Å²) in [6, 6.07) is 2.81. The number of pyridine rings is 1. The number of aromatic nitrogens is 1. The molecule has 1 aromatic rings. The highest BCUT2D eigenvalue weighted by molar-refractivity contribution is 7.99. The summed E-state index contributed by atoms with van der Waals surface area (Å²) < 4.78 is 29.9. The summed E-state index contributed by atoms with van der Waals surface area (Å²) in [5.74, 6) is -3.35. The number of carbonyl (C=O) groups is 2. The predicted octanol–water partition coefficient (Wildman–Crippen LogP) is 2.81. The largest absolute Gasteiger partial charge is 0.452 e. The first-order chi connectivity index (χ1) is 11.0. The van der Waals surface area contributed by atoms with Crippen LogP contribution in [0.15, 0.2) is 23.4 Å². The van der Waals surface area contributed by atoms with Crippen molar-refractivity contribution >= 4 is 23.6 Å². The van der Waals surface area contributed by atoms with Gasteiger partial charge < -0.3 is 9.64 Å². The summed E-state index contributed by atoms with van der Waals surface area (Å²) in [7, 11) is 0. The van der Waals surface area contributed by atoms with E-state index < -0.39 is 11.7 Å². The molecule has 2 heterocycles. The smallest absolute Gasteiger partial charge is 0.341 e. The van der Waals surface area contributed by atoms with E-state index in [1.807, 2.05) is 0 Å². The summed E-state index contributed by atoms with van der Waals surface area (Å²) in [6.07, 6.45) is 3.33. The van der Waals surface area contributed by atoms with Crippen LogP contribution in [0.4, 0.5) is 8.78 Å².